The van der Waals surface area contributed by atoms with Crippen LogP contribution < -0.4 is 0 Å². The minimum Gasteiger partial charge on any atom is -0.185 e. The predicted molar refractivity (Wildman–Crippen MR) is 64.9 cm³/mol. The average Bonchev–Trinajstić information content (AvgIpc) is 2.28. The molecule has 0 aliphatic heterocycles. The zero-order valence-corrected chi connectivity index (χ0v) is 8.79. The Kier molecular flexibility index (Phi) is 2.75. The normalized spacial score (nSPS) is 9.80. The summed E-state index contributed by atoms with van der Waals surface area (Å²) in [7, 11) is 0. The van der Waals surface area contributed by atoms with Gasteiger partial charge in [-0.15, -0.1) is 0 Å². The Morgan fingerprint density at radius 3 is 2.67 bits per heavy atom. The second-order valence-corrected chi connectivity index (χ2v) is 3.91. The molecule has 0 amide bonds. The van der Waals surface area contributed by atoms with E-state index in [1.807, 2.05) is 47.9 Å². The van der Waals surface area contributed by atoms with Gasteiger partial charge >= 0.3 is 0 Å². The van der Waals surface area contributed by atoms with Crippen LogP contribution in [-0.2, 0) is 0 Å². The van der Waals surface area contributed by atoms with Crippen LogP contribution in [0.15, 0.2) is 42.5 Å². The molecule has 0 atom stereocenters. The lowest BCUT2D eigenvalue weighted by Crippen LogP contribution is -1.81. The summed E-state index contributed by atoms with van der Waals surface area (Å²) in [6, 6.07) is 13.9. The summed E-state index contributed by atoms with van der Waals surface area (Å²) in [6.45, 7) is 5.83. The van der Waals surface area contributed by atoms with Crippen molar-refractivity contribution in [3.05, 3.63) is 54.6 Å². The van der Waals surface area contributed by atoms with Crippen molar-refractivity contribution in [2.75, 3.05) is 0 Å². The lowest BCUT2D eigenvalue weighted by molar-refractivity contribution is 1.57. The maximum absolute atomic E-state index is 8.58. The van der Waals surface area contributed by atoms with Crippen LogP contribution >= 0.6 is 11.8 Å². The van der Waals surface area contributed by atoms with Crippen molar-refractivity contribution in [2.45, 2.75) is 0 Å². The SMILES string of the molecule is [CH]=C(SC#N)c1cccc2ccccc12. The van der Waals surface area contributed by atoms with Gasteiger partial charge in [-0.25, -0.2) is 0 Å². The third-order valence-electron chi connectivity index (χ3n) is 2.21. The monoisotopic (exact) mass is 210 g/mol. The number of hydrogen-bond donors (Lipinski definition) is 0. The molecule has 0 aliphatic rings. The molecule has 2 aromatic rings. The van der Waals surface area contributed by atoms with E-state index in [9.17, 15) is 0 Å². The van der Waals surface area contributed by atoms with Crippen molar-refractivity contribution in [2.24, 2.45) is 0 Å². The number of rotatable bonds is 2. The minimum absolute atomic E-state index is 0.550. The molecular formula is C13H8NS. The second kappa shape index (κ2) is 4.20. The van der Waals surface area contributed by atoms with E-state index in [0.29, 0.717) is 4.91 Å². The molecule has 0 N–H and O–H groups in total. The molecule has 0 fully saturated rings. The highest BCUT2D eigenvalue weighted by atomic mass is 32.2. The third kappa shape index (κ3) is 1.88. The number of fused-ring (bicyclic) bond motifs is 1. The molecule has 0 spiro atoms. The Bertz CT molecular complexity index is 546. The number of benzene rings is 2. The van der Waals surface area contributed by atoms with E-state index in [2.05, 4.69) is 0 Å². The van der Waals surface area contributed by atoms with E-state index in [-0.39, 0.29) is 0 Å². The Hall–Kier alpha value is -1.72. The average molecular weight is 210 g/mol. The van der Waals surface area contributed by atoms with Crippen LogP contribution in [0.1, 0.15) is 5.56 Å². The summed E-state index contributed by atoms with van der Waals surface area (Å²) >= 11 is 0.999. The van der Waals surface area contributed by atoms with E-state index >= 15 is 0 Å². The van der Waals surface area contributed by atoms with Crippen LogP contribution in [0.2, 0.25) is 0 Å². The number of thioether (sulfide) groups is 1. The zero-order valence-electron chi connectivity index (χ0n) is 7.97. The number of nitriles is 1. The van der Waals surface area contributed by atoms with E-state index in [0.717, 1.165) is 28.1 Å². The molecule has 2 rings (SSSR count). The summed E-state index contributed by atoms with van der Waals surface area (Å²) < 4.78 is 0. The van der Waals surface area contributed by atoms with Gasteiger partial charge in [0, 0.05) is 4.91 Å². The van der Waals surface area contributed by atoms with Crippen molar-refractivity contribution in [1.82, 2.24) is 0 Å². The molecule has 2 aromatic carbocycles. The van der Waals surface area contributed by atoms with Gasteiger partial charge < -0.3 is 0 Å². The number of thiocyanates is 1. The molecule has 15 heavy (non-hydrogen) atoms. The first-order valence-electron chi connectivity index (χ1n) is 4.49. The molecule has 1 nitrogen and oxygen atoms in total. The van der Waals surface area contributed by atoms with Crippen molar-refractivity contribution in [3.63, 3.8) is 0 Å². The lowest BCUT2D eigenvalue weighted by Gasteiger charge is -2.05. The first-order chi connectivity index (χ1) is 7.33. The smallest absolute Gasteiger partial charge is 0.138 e. The molecule has 0 aromatic heterocycles. The molecule has 71 valence electrons. The van der Waals surface area contributed by atoms with Crippen molar-refractivity contribution >= 4 is 27.4 Å². The Balaban J connectivity index is 2.62. The van der Waals surface area contributed by atoms with Crippen LogP contribution in [0.3, 0.4) is 0 Å². The standard InChI is InChI=1S/C13H8NS/c1-10(15-9-14)12-8-4-6-11-5-2-3-7-13(11)12/h1-8H. The fourth-order valence-electron chi connectivity index (χ4n) is 1.54. The van der Waals surface area contributed by atoms with Gasteiger partial charge in [-0.3, -0.25) is 0 Å². The Morgan fingerprint density at radius 2 is 1.87 bits per heavy atom. The summed E-state index contributed by atoms with van der Waals surface area (Å²) in [6.07, 6.45) is 0. The van der Waals surface area contributed by atoms with E-state index in [4.69, 9.17) is 11.8 Å². The summed E-state index contributed by atoms with van der Waals surface area (Å²) in [5.74, 6) is 0. The maximum atomic E-state index is 8.58. The van der Waals surface area contributed by atoms with Gasteiger partial charge in [0.05, 0.1) is 0 Å². The van der Waals surface area contributed by atoms with Gasteiger partial charge in [-0.2, -0.15) is 5.26 Å². The summed E-state index contributed by atoms with van der Waals surface area (Å²) in [4.78, 5) is 0.550. The van der Waals surface area contributed by atoms with Crippen LogP contribution in [0.4, 0.5) is 0 Å². The number of hydrogen-bond acceptors (Lipinski definition) is 2. The first kappa shape index (κ1) is 9.82. The van der Waals surface area contributed by atoms with E-state index < -0.39 is 0 Å². The Labute approximate surface area is 93.0 Å². The van der Waals surface area contributed by atoms with Crippen LogP contribution in [0.5, 0.6) is 0 Å². The molecule has 0 bridgehead atoms. The van der Waals surface area contributed by atoms with E-state index in [1.54, 1.807) is 0 Å². The lowest BCUT2D eigenvalue weighted by atomic mass is 10.0. The second-order valence-electron chi connectivity index (χ2n) is 3.08. The summed E-state index contributed by atoms with van der Waals surface area (Å²) in [5.41, 5.74) is 0.930. The molecule has 0 aliphatic carbocycles. The third-order valence-corrected chi connectivity index (χ3v) is 2.74. The molecule has 2 heteroatoms. The highest BCUT2D eigenvalue weighted by molar-refractivity contribution is 8.12. The van der Waals surface area contributed by atoms with Gasteiger partial charge in [0.15, 0.2) is 0 Å². The minimum atomic E-state index is 0.550. The van der Waals surface area contributed by atoms with Crippen LogP contribution in [-0.4, -0.2) is 0 Å². The maximum Gasteiger partial charge on any atom is 0.138 e. The molecule has 0 saturated carbocycles. The van der Waals surface area contributed by atoms with Crippen molar-refractivity contribution < 1.29 is 0 Å². The fourth-order valence-corrected chi connectivity index (χ4v) is 1.93. The quantitative estimate of drug-likeness (QED) is 0.703. The molecule has 0 saturated heterocycles. The van der Waals surface area contributed by atoms with Gasteiger partial charge in [0.2, 0.25) is 0 Å². The van der Waals surface area contributed by atoms with Crippen molar-refractivity contribution in [1.29, 1.82) is 5.26 Å². The van der Waals surface area contributed by atoms with Crippen LogP contribution in [0.25, 0.3) is 15.7 Å². The molecule has 0 unspecified atom stereocenters. The van der Waals surface area contributed by atoms with Gasteiger partial charge in [-0.1, -0.05) is 42.5 Å². The highest BCUT2D eigenvalue weighted by Crippen LogP contribution is 2.30. The summed E-state index contributed by atoms with van der Waals surface area (Å²) in [5, 5.41) is 12.8. The van der Waals surface area contributed by atoms with Crippen molar-refractivity contribution in [3.8, 4) is 5.40 Å². The highest BCUT2D eigenvalue weighted by Gasteiger charge is 2.04. The predicted octanol–water partition coefficient (Wildman–Crippen LogP) is 3.83. The van der Waals surface area contributed by atoms with Crippen LogP contribution in [0, 0.1) is 17.2 Å². The first-order valence-corrected chi connectivity index (χ1v) is 5.31. The Morgan fingerprint density at radius 1 is 1.13 bits per heavy atom. The largest absolute Gasteiger partial charge is 0.185 e. The van der Waals surface area contributed by atoms with Gasteiger partial charge in [0.1, 0.15) is 5.40 Å². The number of nitrogens with zero attached hydrogens (tertiary/aromatic N) is 1. The topological polar surface area (TPSA) is 23.8 Å². The zero-order chi connectivity index (χ0) is 10.7. The van der Waals surface area contributed by atoms with Gasteiger partial charge in [0.25, 0.3) is 0 Å². The molecule has 1 radical (unpaired) electrons. The molecular weight excluding hydrogens is 202 g/mol. The molecule has 0 heterocycles. The fraction of sp³-hybridized carbons (Fsp3) is 0. The van der Waals surface area contributed by atoms with E-state index in [1.165, 1.54) is 0 Å². The van der Waals surface area contributed by atoms with Gasteiger partial charge in [-0.05, 0) is 34.7 Å².